The smallest absolute Gasteiger partial charge is 0.217 e. The van der Waals surface area contributed by atoms with E-state index >= 15 is 0 Å². The Morgan fingerprint density at radius 2 is 2.10 bits per heavy atom. The topological polar surface area (TPSA) is 114 Å². The largest absolute Gasteiger partial charge is 0.404 e. The molecule has 29 heavy (non-hydrogen) atoms. The number of nitrogens with one attached hydrogen (secondary N) is 1. The molecule has 0 aliphatic rings. The first-order valence-electron chi connectivity index (χ1n) is 9.01. The minimum atomic E-state index is 0.530. The number of allylic oxidation sites excluding steroid dienone is 1. The van der Waals surface area contributed by atoms with Gasteiger partial charge in [0.15, 0.2) is 5.65 Å². The number of benzene rings is 1. The van der Waals surface area contributed by atoms with Crippen LogP contribution < -0.4 is 5.73 Å². The minimum Gasteiger partial charge on any atom is -0.404 e. The lowest BCUT2D eigenvalue weighted by Gasteiger charge is -2.10. The summed E-state index contributed by atoms with van der Waals surface area (Å²) in [7, 11) is 4.11. The second-order valence-electron chi connectivity index (χ2n) is 6.73. The van der Waals surface area contributed by atoms with Crippen LogP contribution in [0.2, 0.25) is 0 Å². The molecule has 3 N–H and O–H groups in total. The molecule has 0 atom stereocenters. The molecule has 0 bridgehead atoms. The monoisotopic (exact) mass is 407 g/mol. The predicted octanol–water partition coefficient (Wildman–Crippen LogP) is 2.14. The quantitative estimate of drug-likeness (QED) is 0.451. The number of imidazole rings is 1. The lowest BCUT2D eigenvalue weighted by molar-refractivity contribution is 0.386. The third-order valence-electron chi connectivity index (χ3n) is 4.45. The van der Waals surface area contributed by atoms with E-state index in [1.807, 2.05) is 24.5 Å². The van der Waals surface area contributed by atoms with Crippen LogP contribution in [0.5, 0.6) is 0 Å². The first-order chi connectivity index (χ1) is 14.1. The van der Waals surface area contributed by atoms with Crippen molar-refractivity contribution < 1.29 is 0 Å². The molecule has 0 saturated carbocycles. The fraction of sp³-hybridized carbons (Fsp3) is 0.211. The number of likely N-dealkylation sites (N-methyl/N-ethyl adjacent to an activating group) is 1. The molecule has 0 saturated heterocycles. The van der Waals surface area contributed by atoms with Gasteiger partial charge in [-0.2, -0.15) is 9.61 Å². The molecule has 0 unspecified atom stereocenters. The molecule has 3 aromatic heterocycles. The fourth-order valence-electron chi connectivity index (χ4n) is 2.89. The van der Waals surface area contributed by atoms with Crippen molar-refractivity contribution in [3.05, 3.63) is 48.6 Å². The Morgan fingerprint density at radius 3 is 2.86 bits per heavy atom. The summed E-state index contributed by atoms with van der Waals surface area (Å²) in [5.41, 5.74) is 9.38. The summed E-state index contributed by atoms with van der Waals surface area (Å²) in [5, 5.41) is 21.1. The van der Waals surface area contributed by atoms with Crippen LogP contribution in [0.4, 0.5) is 0 Å². The van der Waals surface area contributed by atoms with Gasteiger partial charge in [0, 0.05) is 36.0 Å². The van der Waals surface area contributed by atoms with Crippen molar-refractivity contribution in [1.82, 2.24) is 34.3 Å². The van der Waals surface area contributed by atoms with E-state index in [2.05, 4.69) is 49.9 Å². The second kappa shape index (κ2) is 8.02. The summed E-state index contributed by atoms with van der Waals surface area (Å²) >= 11 is 1.48. The number of aromatic nitrogens is 6. The summed E-state index contributed by atoms with van der Waals surface area (Å²) in [4.78, 5) is 7.65. The van der Waals surface area contributed by atoms with Crippen LogP contribution in [0.1, 0.15) is 5.69 Å². The number of hydrogen-bond acceptors (Lipinski definition) is 8. The summed E-state index contributed by atoms with van der Waals surface area (Å²) in [6, 6.07) is 9.72. The highest BCUT2D eigenvalue weighted by atomic mass is 32.2. The highest BCUT2D eigenvalue weighted by molar-refractivity contribution is 7.99. The van der Waals surface area contributed by atoms with Crippen LogP contribution in [-0.2, 0) is 6.54 Å². The third-order valence-corrected chi connectivity index (χ3v) is 5.38. The molecule has 0 amide bonds. The first kappa shape index (κ1) is 19.1. The molecule has 0 aliphatic heterocycles. The van der Waals surface area contributed by atoms with Crippen LogP contribution in [0, 0.1) is 5.41 Å². The zero-order chi connectivity index (χ0) is 20.4. The zero-order valence-electron chi connectivity index (χ0n) is 16.1. The van der Waals surface area contributed by atoms with Crippen molar-refractivity contribution >= 4 is 40.2 Å². The van der Waals surface area contributed by atoms with Crippen LogP contribution in [0.15, 0.2) is 52.9 Å². The van der Waals surface area contributed by atoms with Gasteiger partial charge in [-0.3, -0.25) is 0 Å². The van der Waals surface area contributed by atoms with Crippen molar-refractivity contribution in [1.29, 1.82) is 5.41 Å². The summed E-state index contributed by atoms with van der Waals surface area (Å²) in [6.45, 7) is 1.81. The average molecular weight is 408 g/mol. The molecular weight excluding hydrogens is 386 g/mol. The van der Waals surface area contributed by atoms with Gasteiger partial charge in [-0.1, -0.05) is 0 Å². The van der Waals surface area contributed by atoms with Crippen molar-refractivity contribution in [2.24, 2.45) is 5.73 Å². The minimum absolute atomic E-state index is 0.530. The predicted molar refractivity (Wildman–Crippen MR) is 114 cm³/mol. The van der Waals surface area contributed by atoms with Crippen molar-refractivity contribution in [3.63, 3.8) is 0 Å². The van der Waals surface area contributed by atoms with Crippen LogP contribution in [-0.4, -0.2) is 61.1 Å². The van der Waals surface area contributed by atoms with E-state index in [9.17, 15) is 0 Å². The van der Waals surface area contributed by atoms with Crippen LogP contribution in [0.25, 0.3) is 22.3 Å². The van der Waals surface area contributed by atoms with Gasteiger partial charge in [0.25, 0.3) is 0 Å². The Morgan fingerprint density at radius 1 is 1.24 bits per heavy atom. The fourth-order valence-corrected chi connectivity index (χ4v) is 3.71. The first-order valence-corrected chi connectivity index (χ1v) is 9.83. The van der Waals surface area contributed by atoms with Crippen LogP contribution in [0.3, 0.4) is 0 Å². The molecule has 0 radical (unpaired) electrons. The van der Waals surface area contributed by atoms with Gasteiger partial charge in [0.2, 0.25) is 5.16 Å². The molecule has 0 spiro atoms. The molecule has 148 valence electrons. The maximum Gasteiger partial charge on any atom is 0.217 e. The van der Waals surface area contributed by atoms with Gasteiger partial charge < -0.3 is 20.6 Å². The normalized spacial score (nSPS) is 12.3. The second-order valence-corrected chi connectivity index (χ2v) is 7.77. The van der Waals surface area contributed by atoms with E-state index in [0.717, 1.165) is 29.0 Å². The zero-order valence-corrected chi connectivity index (χ0v) is 17.0. The number of rotatable bonds is 7. The Balaban J connectivity index is 1.67. The summed E-state index contributed by atoms with van der Waals surface area (Å²) in [6.07, 6.45) is 4.41. The van der Waals surface area contributed by atoms with E-state index in [4.69, 9.17) is 11.1 Å². The lowest BCUT2D eigenvalue weighted by atomic mass is 10.2. The van der Waals surface area contributed by atoms with Gasteiger partial charge in [-0.25, -0.2) is 4.98 Å². The van der Waals surface area contributed by atoms with Gasteiger partial charge >= 0.3 is 0 Å². The van der Waals surface area contributed by atoms with E-state index in [0.29, 0.717) is 22.1 Å². The number of nitrogens with two attached hydrogens (primary N) is 1. The van der Waals surface area contributed by atoms with Gasteiger partial charge in [-0.15, -0.1) is 10.2 Å². The number of fused-ring (bicyclic) bond motifs is 2. The van der Waals surface area contributed by atoms with Crippen molar-refractivity contribution in [3.8, 4) is 0 Å². The molecule has 0 aliphatic carbocycles. The standard InChI is InChI=1S/C19H21N9S/c1-26(2)7-8-27-12-22-16-4-3-14(9-17(16)27)29-19-24-23-18-6-5-15(25-28(18)19)13(10-20)11-21/h3-6,9-12,20H,7-8,21H2,1-2H3/b13-11+,20-10?. The Bertz CT molecular complexity index is 1210. The highest BCUT2D eigenvalue weighted by Gasteiger charge is 2.12. The van der Waals surface area contributed by atoms with E-state index in [-0.39, 0.29) is 0 Å². The molecule has 10 heteroatoms. The van der Waals surface area contributed by atoms with E-state index in [1.165, 1.54) is 24.2 Å². The van der Waals surface area contributed by atoms with E-state index < -0.39 is 0 Å². The Hall–Kier alpha value is -3.24. The van der Waals surface area contributed by atoms with Crippen LogP contribution >= 0.6 is 11.8 Å². The molecule has 0 fully saturated rings. The summed E-state index contributed by atoms with van der Waals surface area (Å²) in [5.74, 6) is 0. The molecule has 9 nitrogen and oxygen atoms in total. The van der Waals surface area contributed by atoms with Gasteiger partial charge in [-0.05, 0) is 56.2 Å². The molecule has 4 aromatic rings. The third kappa shape index (κ3) is 3.84. The average Bonchev–Trinajstić information content (AvgIpc) is 3.31. The molecule has 4 rings (SSSR count). The lowest BCUT2D eigenvalue weighted by Crippen LogP contribution is -2.17. The van der Waals surface area contributed by atoms with E-state index in [1.54, 1.807) is 10.6 Å². The number of hydrogen-bond donors (Lipinski definition) is 2. The SMILES string of the molecule is CN(C)CCn1cnc2ccc(Sc3nnc4ccc(/C(C=N)=C/N)nn34)cc21. The molecule has 1 aromatic carbocycles. The number of nitrogens with zero attached hydrogens (tertiary/aromatic N) is 7. The summed E-state index contributed by atoms with van der Waals surface area (Å²) < 4.78 is 3.82. The Labute approximate surface area is 171 Å². The maximum atomic E-state index is 7.47. The molecule has 3 heterocycles. The van der Waals surface area contributed by atoms with Gasteiger partial charge in [0.1, 0.15) is 0 Å². The molecular formula is C19H21N9S. The Kier molecular flexibility index (Phi) is 5.28. The van der Waals surface area contributed by atoms with Crippen molar-refractivity contribution in [2.75, 3.05) is 20.6 Å². The maximum absolute atomic E-state index is 7.47. The van der Waals surface area contributed by atoms with Crippen molar-refractivity contribution in [2.45, 2.75) is 16.6 Å². The highest BCUT2D eigenvalue weighted by Crippen LogP contribution is 2.29. The van der Waals surface area contributed by atoms with Gasteiger partial charge in [0.05, 0.1) is 23.1 Å².